The molecule has 0 unspecified atom stereocenters. The van der Waals surface area contributed by atoms with Crippen molar-refractivity contribution < 1.29 is 14.8 Å². The van der Waals surface area contributed by atoms with Crippen LogP contribution < -0.4 is 10.8 Å². The highest BCUT2D eigenvalue weighted by Crippen LogP contribution is 2.26. The zero-order valence-corrected chi connectivity index (χ0v) is 20.1. The fourth-order valence-electron chi connectivity index (χ4n) is 3.03. The molecule has 0 aliphatic rings. The Morgan fingerprint density at radius 3 is 2.42 bits per heavy atom. The van der Waals surface area contributed by atoms with Gasteiger partial charge in [-0.2, -0.15) is 0 Å². The van der Waals surface area contributed by atoms with Gasteiger partial charge >= 0.3 is 6.03 Å². The van der Waals surface area contributed by atoms with Gasteiger partial charge in [0.2, 0.25) is 0 Å². The van der Waals surface area contributed by atoms with E-state index < -0.39 is 5.91 Å². The summed E-state index contributed by atoms with van der Waals surface area (Å²) in [5.41, 5.74) is 4.36. The summed E-state index contributed by atoms with van der Waals surface area (Å²) in [6.45, 7) is 14.7. The molecule has 0 saturated carbocycles. The molecule has 7 heteroatoms. The average Bonchev–Trinajstić information content (AvgIpc) is 2.80. The summed E-state index contributed by atoms with van der Waals surface area (Å²) in [6, 6.07) is 7.53. The molecule has 0 saturated heterocycles. The first kappa shape index (κ1) is 28.0. The molecule has 0 spiro atoms. The monoisotopic (exact) mass is 449 g/mol. The Balaban J connectivity index is 2.93. The molecule has 2 radical (unpaired) electrons. The van der Waals surface area contributed by atoms with E-state index in [1.165, 1.54) is 23.8 Å². The van der Waals surface area contributed by atoms with Crippen molar-refractivity contribution in [3.63, 3.8) is 0 Å². The lowest BCUT2D eigenvalue weighted by Gasteiger charge is -2.27. The van der Waals surface area contributed by atoms with Crippen molar-refractivity contribution in [1.82, 2.24) is 10.4 Å². The van der Waals surface area contributed by atoms with E-state index in [0.29, 0.717) is 18.4 Å². The van der Waals surface area contributed by atoms with Gasteiger partial charge in [0.25, 0.3) is 5.91 Å². The number of hydroxylamine groups is 1. The highest BCUT2D eigenvalue weighted by Gasteiger charge is 2.18. The highest BCUT2D eigenvalue weighted by atomic mass is 16.5. The van der Waals surface area contributed by atoms with E-state index in [9.17, 15) is 9.59 Å². The maximum Gasteiger partial charge on any atom is 0.322 e. The lowest BCUT2D eigenvalue weighted by molar-refractivity contribution is -0.124. The number of carbonyl (C=O) groups is 2. The van der Waals surface area contributed by atoms with E-state index in [4.69, 9.17) is 13.1 Å². The second-order valence-electron chi connectivity index (χ2n) is 8.66. The number of hydrogen-bond donors (Lipinski definition) is 3. The van der Waals surface area contributed by atoms with Gasteiger partial charge in [-0.25, -0.2) is 10.3 Å². The van der Waals surface area contributed by atoms with E-state index in [0.717, 1.165) is 24.9 Å². The number of benzene rings is 1. The Kier molecular flexibility index (Phi) is 12.0. The Morgan fingerprint density at radius 1 is 1.21 bits per heavy atom. The number of allylic oxidation sites excluding steroid dienone is 2. The largest absolute Gasteiger partial charge is 0.322 e. The molecule has 1 aromatic rings. The van der Waals surface area contributed by atoms with E-state index >= 15 is 0 Å². The van der Waals surface area contributed by atoms with Crippen LogP contribution in [0.1, 0.15) is 39.2 Å². The van der Waals surface area contributed by atoms with Crippen LogP contribution in [0.15, 0.2) is 72.9 Å². The third kappa shape index (κ3) is 10.4. The van der Waals surface area contributed by atoms with Gasteiger partial charge in [0.05, 0.1) is 7.85 Å². The van der Waals surface area contributed by atoms with Gasteiger partial charge in [0.15, 0.2) is 0 Å². The van der Waals surface area contributed by atoms with Gasteiger partial charge in [-0.05, 0) is 60.1 Å². The standard InChI is InChI=1S/C26H36BN3O3/c1-6-9-22(24(31)29-33)13-10-20(3)18-30(17-8-16-26(4,5)19-27)25(32)28-23-14-11-21(7-2)12-15-23/h6,9-15,33H,1,3,7-8,16-19H2,2,4-5H3,(H,28,32)(H,29,31)/b13-10-,22-9+. The molecule has 6 nitrogen and oxygen atoms in total. The number of amides is 3. The molecule has 3 N–H and O–H groups in total. The minimum Gasteiger partial charge on any atom is -0.320 e. The van der Waals surface area contributed by atoms with Crippen molar-refractivity contribution in [2.75, 3.05) is 18.4 Å². The van der Waals surface area contributed by atoms with E-state index in [-0.39, 0.29) is 23.6 Å². The summed E-state index contributed by atoms with van der Waals surface area (Å²) in [4.78, 5) is 26.4. The summed E-state index contributed by atoms with van der Waals surface area (Å²) in [7, 11) is 5.84. The molecule has 0 fully saturated rings. The SMILES string of the molecule is [B]CC(C)(C)CCCN(CC(=C)/C=C\C(=C/C=C)C(=O)NO)C(=O)Nc1ccc(CC)cc1. The van der Waals surface area contributed by atoms with Crippen molar-refractivity contribution >= 4 is 25.5 Å². The van der Waals surface area contributed by atoms with Crippen LogP contribution in [0.3, 0.4) is 0 Å². The molecule has 3 amide bonds. The first-order chi connectivity index (χ1) is 15.6. The predicted molar refractivity (Wildman–Crippen MR) is 136 cm³/mol. The lowest BCUT2D eigenvalue weighted by Crippen LogP contribution is -2.37. The molecule has 0 heterocycles. The van der Waals surface area contributed by atoms with E-state index in [2.05, 4.69) is 39.2 Å². The number of hydrogen-bond acceptors (Lipinski definition) is 3. The number of carbonyl (C=O) groups excluding carboxylic acids is 2. The molecule has 0 bridgehead atoms. The van der Waals surface area contributed by atoms with Crippen molar-refractivity contribution in [1.29, 1.82) is 0 Å². The van der Waals surface area contributed by atoms with Crippen LogP contribution in [0.2, 0.25) is 6.32 Å². The maximum absolute atomic E-state index is 13.0. The van der Waals surface area contributed by atoms with Gasteiger partial charge in [0, 0.05) is 24.4 Å². The summed E-state index contributed by atoms with van der Waals surface area (Å²) in [6.07, 6.45) is 9.25. The third-order valence-corrected chi connectivity index (χ3v) is 5.29. The van der Waals surface area contributed by atoms with Crippen LogP contribution in [-0.4, -0.2) is 43.0 Å². The molecule has 0 aromatic heterocycles. The predicted octanol–water partition coefficient (Wildman–Crippen LogP) is 5.21. The first-order valence-electron chi connectivity index (χ1n) is 11.1. The van der Waals surface area contributed by atoms with Crippen LogP contribution in [-0.2, 0) is 11.2 Å². The van der Waals surface area contributed by atoms with E-state index in [1.807, 2.05) is 24.3 Å². The number of nitrogens with zero attached hydrogens (tertiary/aromatic N) is 1. The van der Waals surface area contributed by atoms with Crippen molar-refractivity contribution in [3.05, 3.63) is 78.4 Å². The fraction of sp³-hybridized carbons (Fsp3) is 0.385. The van der Waals surface area contributed by atoms with Crippen LogP contribution in [0.4, 0.5) is 10.5 Å². The molecule has 176 valence electrons. The molecule has 1 rings (SSSR count). The highest BCUT2D eigenvalue weighted by molar-refractivity contribution is 6.08. The fourth-order valence-corrected chi connectivity index (χ4v) is 3.03. The topological polar surface area (TPSA) is 81.7 Å². The van der Waals surface area contributed by atoms with Crippen molar-refractivity contribution in [2.24, 2.45) is 5.41 Å². The van der Waals surface area contributed by atoms with Crippen LogP contribution in [0, 0.1) is 5.41 Å². The molecule has 33 heavy (non-hydrogen) atoms. The molecular weight excluding hydrogens is 413 g/mol. The Hall–Kier alpha value is -3.06. The summed E-state index contributed by atoms with van der Waals surface area (Å²) in [5.74, 6) is -0.659. The van der Waals surface area contributed by atoms with Gasteiger partial charge < -0.3 is 10.2 Å². The first-order valence-corrected chi connectivity index (χ1v) is 11.1. The number of rotatable bonds is 13. The van der Waals surface area contributed by atoms with Gasteiger partial charge in [0.1, 0.15) is 0 Å². The van der Waals surface area contributed by atoms with Gasteiger partial charge in [-0.3, -0.25) is 10.0 Å². The van der Waals surface area contributed by atoms with Crippen molar-refractivity contribution in [2.45, 2.75) is 46.4 Å². The Morgan fingerprint density at radius 2 is 1.88 bits per heavy atom. The number of nitrogens with one attached hydrogen (secondary N) is 2. The molecule has 0 aliphatic heterocycles. The molecule has 0 atom stereocenters. The van der Waals surface area contributed by atoms with E-state index in [1.54, 1.807) is 16.5 Å². The number of urea groups is 1. The van der Waals surface area contributed by atoms with Gasteiger partial charge in [-0.1, -0.05) is 64.5 Å². The summed E-state index contributed by atoms with van der Waals surface area (Å²) in [5, 5.41) is 11.8. The zero-order valence-electron chi connectivity index (χ0n) is 20.1. The summed E-state index contributed by atoms with van der Waals surface area (Å²) >= 11 is 0. The minimum absolute atomic E-state index is 0.00290. The van der Waals surface area contributed by atoms with Gasteiger partial charge in [-0.15, -0.1) is 0 Å². The van der Waals surface area contributed by atoms with Crippen molar-refractivity contribution in [3.8, 4) is 0 Å². The van der Waals surface area contributed by atoms with Crippen LogP contribution in [0.5, 0.6) is 0 Å². The Bertz CT molecular complexity index is 873. The third-order valence-electron chi connectivity index (χ3n) is 5.29. The molecule has 0 aliphatic carbocycles. The average molecular weight is 449 g/mol. The number of aryl methyl sites for hydroxylation is 1. The maximum atomic E-state index is 13.0. The second-order valence-corrected chi connectivity index (χ2v) is 8.66. The molecule has 1 aromatic carbocycles. The smallest absolute Gasteiger partial charge is 0.320 e. The summed E-state index contributed by atoms with van der Waals surface area (Å²) < 4.78 is 0. The zero-order chi connectivity index (χ0) is 24.9. The quantitative estimate of drug-likeness (QED) is 0.127. The Labute approximate surface area is 199 Å². The normalized spacial score (nSPS) is 11.8. The molecular formula is C26H36BN3O3. The lowest BCUT2D eigenvalue weighted by atomic mass is 9.76. The minimum atomic E-state index is -0.659. The second kappa shape index (κ2) is 14.2. The van der Waals surface area contributed by atoms with Crippen LogP contribution >= 0.6 is 0 Å². The number of anilines is 1. The van der Waals surface area contributed by atoms with Crippen LogP contribution in [0.25, 0.3) is 0 Å².